The molecule has 0 amide bonds. The van der Waals surface area contributed by atoms with Crippen LogP contribution in [0.25, 0.3) is 5.82 Å². The highest BCUT2D eigenvalue weighted by molar-refractivity contribution is 5.32. The quantitative estimate of drug-likeness (QED) is 0.810. The molecular weight excluding hydrogens is 236 g/mol. The van der Waals surface area contributed by atoms with Crippen LogP contribution >= 0.6 is 0 Å². The fourth-order valence-electron chi connectivity index (χ4n) is 2.07. The van der Waals surface area contributed by atoms with Gasteiger partial charge in [-0.3, -0.25) is 4.57 Å². The van der Waals surface area contributed by atoms with Crippen LogP contribution in [0.2, 0.25) is 0 Å². The monoisotopic (exact) mass is 258 g/mol. The largest absolute Gasteiger partial charge is 0.313 e. The summed E-state index contributed by atoms with van der Waals surface area (Å²) in [6.45, 7) is 8.25. The van der Waals surface area contributed by atoms with E-state index in [1.54, 1.807) is 0 Å². The molecule has 0 atom stereocenters. The molecule has 0 fully saturated rings. The number of aromatic nitrogens is 3. The number of hydrogen-bond donors (Lipinski definition) is 1. The van der Waals surface area contributed by atoms with Crippen LogP contribution in [-0.2, 0) is 13.0 Å². The first-order valence-electron chi connectivity index (χ1n) is 6.95. The topological polar surface area (TPSA) is 42.7 Å². The van der Waals surface area contributed by atoms with E-state index in [-0.39, 0.29) is 0 Å². The van der Waals surface area contributed by atoms with Crippen molar-refractivity contribution in [3.63, 3.8) is 0 Å². The molecule has 2 aromatic rings. The lowest BCUT2D eigenvalue weighted by molar-refractivity contribution is 0.673. The molecule has 0 bridgehead atoms. The van der Waals surface area contributed by atoms with Gasteiger partial charge in [-0.15, -0.1) is 0 Å². The normalized spacial score (nSPS) is 10.9. The number of aryl methyl sites for hydroxylation is 2. The maximum Gasteiger partial charge on any atom is 0.138 e. The van der Waals surface area contributed by atoms with Crippen molar-refractivity contribution in [2.75, 3.05) is 6.54 Å². The first-order valence-corrected chi connectivity index (χ1v) is 6.95. The lowest BCUT2D eigenvalue weighted by Crippen LogP contribution is -2.15. The second kappa shape index (κ2) is 6.48. The van der Waals surface area contributed by atoms with Gasteiger partial charge in [0, 0.05) is 24.6 Å². The molecule has 102 valence electrons. The maximum absolute atomic E-state index is 4.68. The molecule has 0 aliphatic rings. The fraction of sp³-hybridized carbons (Fsp3) is 0.467. The predicted octanol–water partition coefficient (Wildman–Crippen LogP) is 2.64. The van der Waals surface area contributed by atoms with Gasteiger partial charge >= 0.3 is 0 Å². The third-order valence-electron chi connectivity index (χ3n) is 3.12. The van der Waals surface area contributed by atoms with Crippen LogP contribution in [0, 0.1) is 6.92 Å². The Morgan fingerprint density at radius 3 is 2.74 bits per heavy atom. The standard InChI is InChI=1S/C15H22N4/c1-4-6-16-11-13-9-14(5-2)18-15(10-13)19-8-7-17-12(19)3/h7-10,16H,4-6,11H2,1-3H3. The van der Waals surface area contributed by atoms with E-state index in [9.17, 15) is 0 Å². The van der Waals surface area contributed by atoms with Gasteiger partial charge < -0.3 is 5.32 Å². The van der Waals surface area contributed by atoms with Crippen LogP contribution in [0.15, 0.2) is 24.5 Å². The summed E-state index contributed by atoms with van der Waals surface area (Å²) in [6, 6.07) is 4.31. The minimum Gasteiger partial charge on any atom is -0.313 e. The van der Waals surface area contributed by atoms with Gasteiger partial charge in [0.2, 0.25) is 0 Å². The Kier molecular flexibility index (Phi) is 4.68. The molecule has 2 rings (SSSR count). The Morgan fingerprint density at radius 2 is 2.11 bits per heavy atom. The molecular formula is C15H22N4. The second-order valence-electron chi connectivity index (χ2n) is 4.70. The summed E-state index contributed by atoms with van der Waals surface area (Å²) in [5.74, 6) is 1.93. The number of nitrogens with zero attached hydrogens (tertiary/aromatic N) is 3. The lowest BCUT2D eigenvalue weighted by Gasteiger charge is -2.10. The molecule has 0 spiro atoms. The molecule has 4 heteroatoms. The fourth-order valence-corrected chi connectivity index (χ4v) is 2.07. The third kappa shape index (κ3) is 3.41. The molecule has 2 aromatic heterocycles. The van der Waals surface area contributed by atoms with Crippen molar-refractivity contribution in [1.29, 1.82) is 0 Å². The van der Waals surface area contributed by atoms with E-state index in [0.29, 0.717) is 0 Å². The lowest BCUT2D eigenvalue weighted by atomic mass is 10.2. The van der Waals surface area contributed by atoms with Gasteiger partial charge in [-0.2, -0.15) is 0 Å². The zero-order chi connectivity index (χ0) is 13.7. The van der Waals surface area contributed by atoms with Crippen LogP contribution in [0.4, 0.5) is 0 Å². The van der Waals surface area contributed by atoms with Crippen molar-refractivity contribution in [2.24, 2.45) is 0 Å². The summed E-state index contributed by atoms with van der Waals surface area (Å²) in [4.78, 5) is 8.94. The molecule has 19 heavy (non-hydrogen) atoms. The number of nitrogens with one attached hydrogen (secondary N) is 1. The summed E-state index contributed by atoms with van der Waals surface area (Å²) >= 11 is 0. The first kappa shape index (κ1) is 13.7. The van der Waals surface area contributed by atoms with Crippen molar-refractivity contribution in [1.82, 2.24) is 19.9 Å². The molecule has 0 saturated heterocycles. The van der Waals surface area contributed by atoms with Crippen molar-refractivity contribution in [3.8, 4) is 5.82 Å². The molecule has 0 aliphatic carbocycles. The van der Waals surface area contributed by atoms with E-state index in [0.717, 1.165) is 43.3 Å². The number of pyridine rings is 1. The average molecular weight is 258 g/mol. The highest BCUT2D eigenvalue weighted by Gasteiger charge is 2.06. The molecule has 0 aromatic carbocycles. The van der Waals surface area contributed by atoms with E-state index in [1.165, 1.54) is 5.56 Å². The minimum absolute atomic E-state index is 0.893. The Bertz CT molecular complexity index is 531. The number of rotatable bonds is 6. The predicted molar refractivity (Wildman–Crippen MR) is 77.5 cm³/mol. The molecule has 0 unspecified atom stereocenters. The van der Waals surface area contributed by atoms with Crippen molar-refractivity contribution >= 4 is 0 Å². The molecule has 1 N–H and O–H groups in total. The minimum atomic E-state index is 0.893. The van der Waals surface area contributed by atoms with Gasteiger partial charge in [-0.25, -0.2) is 9.97 Å². The highest BCUT2D eigenvalue weighted by atomic mass is 15.1. The smallest absolute Gasteiger partial charge is 0.138 e. The van der Waals surface area contributed by atoms with Crippen LogP contribution in [0.3, 0.4) is 0 Å². The van der Waals surface area contributed by atoms with Gasteiger partial charge in [0.25, 0.3) is 0 Å². The van der Waals surface area contributed by atoms with Gasteiger partial charge in [-0.05, 0) is 44.0 Å². The van der Waals surface area contributed by atoms with E-state index in [4.69, 9.17) is 0 Å². The van der Waals surface area contributed by atoms with Crippen LogP contribution in [-0.4, -0.2) is 21.1 Å². The SMILES string of the molecule is CCCNCc1cc(CC)nc(-n2ccnc2C)c1. The van der Waals surface area contributed by atoms with Gasteiger partial charge in [0.05, 0.1) is 0 Å². The zero-order valence-electron chi connectivity index (χ0n) is 12.0. The Morgan fingerprint density at radius 1 is 1.26 bits per heavy atom. The zero-order valence-corrected chi connectivity index (χ0v) is 12.0. The number of imidazole rings is 1. The maximum atomic E-state index is 4.68. The molecule has 0 radical (unpaired) electrons. The van der Waals surface area contributed by atoms with Gasteiger partial charge in [-0.1, -0.05) is 13.8 Å². The van der Waals surface area contributed by atoms with Gasteiger partial charge in [0.1, 0.15) is 11.6 Å². The van der Waals surface area contributed by atoms with Crippen LogP contribution < -0.4 is 5.32 Å². The van der Waals surface area contributed by atoms with E-state index in [2.05, 4.69) is 41.3 Å². The Balaban J connectivity index is 2.28. The third-order valence-corrected chi connectivity index (χ3v) is 3.12. The average Bonchev–Trinajstić information content (AvgIpc) is 2.85. The van der Waals surface area contributed by atoms with Crippen LogP contribution in [0.5, 0.6) is 0 Å². The van der Waals surface area contributed by atoms with Crippen LogP contribution in [0.1, 0.15) is 37.4 Å². The Hall–Kier alpha value is -1.68. The molecule has 0 saturated carbocycles. The van der Waals surface area contributed by atoms with E-state index < -0.39 is 0 Å². The molecule has 2 heterocycles. The van der Waals surface area contributed by atoms with E-state index >= 15 is 0 Å². The summed E-state index contributed by atoms with van der Waals surface area (Å²) in [6.07, 6.45) is 5.87. The Labute approximate surface area is 114 Å². The summed E-state index contributed by atoms with van der Waals surface area (Å²) in [5.41, 5.74) is 2.40. The molecule has 0 aliphatic heterocycles. The summed E-state index contributed by atoms with van der Waals surface area (Å²) < 4.78 is 2.03. The van der Waals surface area contributed by atoms with Gasteiger partial charge in [0.15, 0.2) is 0 Å². The highest BCUT2D eigenvalue weighted by Crippen LogP contribution is 2.13. The number of hydrogen-bond acceptors (Lipinski definition) is 3. The second-order valence-corrected chi connectivity index (χ2v) is 4.70. The summed E-state index contributed by atoms with van der Waals surface area (Å²) in [7, 11) is 0. The first-order chi connectivity index (χ1) is 9.24. The van der Waals surface area contributed by atoms with E-state index in [1.807, 2.05) is 23.9 Å². The summed E-state index contributed by atoms with van der Waals surface area (Å²) in [5, 5.41) is 3.44. The molecule has 4 nitrogen and oxygen atoms in total. The van der Waals surface area contributed by atoms with Crippen molar-refractivity contribution < 1.29 is 0 Å². The van der Waals surface area contributed by atoms with Crippen molar-refractivity contribution in [3.05, 3.63) is 41.6 Å². The van der Waals surface area contributed by atoms with Crippen molar-refractivity contribution in [2.45, 2.75) is 40.2 Å².